The fourth-order valence-electron chi connectivity index (χ4n) is 2.40. The van der Waals surface area contributed by atoms with Crippen molar-refractivity contribution in [2.45, 2.75) is 50.6 Å². The predicted molar refractivity (Wildman–Crippen MR) is 84.0 cm³/mol. The maximum absolute atomic E-state index is 9.54. The largest absolute Gasteiger partial charge is 0.497 e. The Kier molecular flexibility index (Phi) is 5.88. The van der Waals surface area contributed by atoms with E-state index in [9.17, 15) is 5.11 Å². The first kappa shape index (κ1) is 16.1. The van der Waals surface area contributed by atoms with Crippen molar-refractivity contribution >= 4 is 0 Å². The number of unbranched alkanes of at least 4 members (excludes halogenated alkanes) is 1. The minimum atomic E-state index is -0.138. The number of aliphatic hydroxyl groups excluding tert-OH is 1. The van der Waals surface area contributed by atoms with Gasteiger partial charge in [0.1, 0.15) is 11.5 Å². The third-order valence-electron chi connectivity index (χ3n) is 3.93. The quantitative estimate of drug-likeness (QED) is 0.651. The molecule has 0 aromatic heterocycles. The second kappa shape index (κ2) is 7.66. The van der Waals surface area contributed by atoms with E-state index in [0.29, 0.717) is 12.6 Å². The SMILES string of the molecule is COc1ccc(OCCCCC(C)(CO)NC2CC2)cc1. The summed E-state index contributed by atoms with van der Waals surface area (Å²) in [5.41, 5.74) is -0.138. The van der Waals surface area contributed by atoms with Gasteiger partial charge in [-0.2, -0.15) is 0 Å². The third-order valence-corrected chi connectivity index (χ3v) is 3.93. The van der Waals surface area contributed by atoms with Gasteiger partial charge in [-0.1, -0.05) is 0 Å². The maximum Gasteiger partial charge on any atom is 0.119 e. The van der Waals surface area contributed by atoms with Crippen molar-refractivity contribution in [2.24, 2.45) is 0 Å². The smallest absolute Gasteiger partial charge is 0.119 e. The van der Waals surface area contributed by atoms with Gasteiger partial charge in [-0.05, 0) is 63.3 Å². The van der Waals surface area contributed by atoms with Gasteiger partial charge in [0.25, 0.3) is 0 Å². The summed E-state index contributed by atoms with van der Waals surface area (Å²) in [6.07, 6.45) is 5.51. The zero-order valence-electron chi connectivity index (χ0n) is 13.1. The van der Waals surface area contributed by atoms with E-state index in [0.717, 1.165) is 30.8 Å². The molecule has 1 aromatic carbocycles. The van der Waals surface area contributed by atoms with Gasteiger partial charge in [-0.15, -0.1) is 0 Å². The number of methoxy groups -OCH3 is 1. The number of rotatable bonds is 10. The van der Waals surface area contributed by atoms with Crippen LogP contribution in [0, 0.1) is 0 Å². The molecule has 4 nitrogen and oxygen atoms in total. The molecule has 0 aliphatic heterocycles. The highest BCUT2D eigenvalue weighted by Gasteiger charge is 2.31. The van der Waals surface area contributed by atoms with Crippen LogP contribution in [0.2, 0.25) is 0 Å². The number of hydrogen-bond acceptors (Lipinski definition) is 4. The Morgan fingerprint density at radius 1 is 1.19 bits per heavy atom. The van der Waals surface area contributed by atoms with Gasteiger partial charge in [0.15, 0.2) is 0 Å². The molecule has 0 heterocycles. The molecule has 1 unspecified atom stereocenters. The molecule has 4 heteroatoms. The Labute approximate surface area is 127 Å². The molecule has 118 valence electrons. The van der Waals surface area contributed by atoms with Crippen LogP contribution in [-0.2, 0) is 0 Å². The maximum atomic E-state index is 9.54. The first-order valence-corrected chi connectivity index (χ1v) is 7.81. The lowest BCUT2D eigenvalue weighted by atomic mass is 9.95. The van der Waals surface area contributed by atoms with Crippen LogP contribution in [-0.4, -0.2) is 37.0 Å². The zero-order chi connectivity index (χ0) is 15.1. The van der Waals surface area contributed by atoms with E-state index in [1.54, 1.807) is 7.11 Å². The molecule has 0 amide bonds. The summed E-state index contributed by atoms with van der Waals surface area (Å²) in [5, 5.41) is 13.1. The van der Waals surface area contributed by atoms with Crippen molar-refractivity contribution in [3.63, 3.8) is 0 Å². The molecule has 0 radical (unpaired) electrons. The van der Waals surface area contributed by atoms with Crippen molar-refractivity contribution in [3.8, 4) is 11.5 Å². The highest BCUT2D eigenvalue weighted by Crippen LogP contribution is 2.25. The lowest BCUT2D eigenvalue weighted by Gasteiger charge is -2.29. The summed E-state index contributed by atoms with van der Waals surface area (Å²) in [6, 6.07) is 8.27. The number of aliphatic hydroxyl groups is 1. The zero-order valence-corrected chi connectivity index (χ0v) is 13.1. The summed E-state index contributed by atoms with van der Waals surface area (Å²) >= 11 is 0. The van der Waals surface area contributed by atoms with Gasteiger partial charge in [-0.3, -0.25) is 0 Å². The number of nitrogens with one attached hydrogen (secondary N) is 1. The monoisotopic (exact) mass is 293 g/mol. The Bertz CT molecular complexity index is 417. The van der Waals surface area contributed by atoms with E-state index < -0.39 is 0 Å². The molecular formula is C17H27NO3. The topological polar surface area (TPSA) is 50.7 Å². The van der Waals surface area contributed by atoms with Crippen molar-refractivity contribution < 1.29 is 14.6 Å². The van der Waals surface area contributed by atoms with Crippen LogP contribution in [0.15, 0.2) is 24.3 Å². The van der Waals surface area contributed by atoms with Gasteiger partial charge in [-0.25, -0.2) is 0 Å². The molecule has 1 saturated carbocycles. The van der Waals surface area contributed by atoms with E-state index in [1.807, 2.05) is 24.3 Å². The molecule has 2 N–H and O–H groups in total. The molecule has 1 aliphatic carbocycles. The molecule has 21 heavy (non-hydrogen) atoms. The van der Waals surface area contributed by atoms with E-state index in [2.05, 4.69) is 12.2 Å². The molecule has 0 bridgehead atoms. The summed E-state index contributed by atoms with van der Waals surface area (Å²) in [5.74, 6) is 1.71. The molecular weight excluding hydrogens is 266 g/mol. The van der Waals surface area contributed by atoms with Crippen LogP contribution in [0.5, 0.6) is 11.5 Å². The van der Waals surface area contributed by atoms with Gasteiger partial charge < -0.3 is 19.9 Å². The summed E-state index contributed by atoms with van der Waals surface area (Å²) in [6.45, 7) is 3.01. The Morgan fingerprint density at radius 2 is 1.86 bits per heavy atom. The van der Waals surface area contributed by atoms with Crippen LogP contribution in [0.25, 0.3) is 0 Å². The molecule has 1 aliphatic rings. The predicted octanol–water partition coefficient (Wildman–Crippen LogP) is 2.75. The summed E-state index contributed by atoms with van der Waals surface area (Å²) in [4.78, 5) is 0. The Balaban J connectivity index is 1.62. The van der Waals surface area contributed by atoms with Gasteiger partial charge in [0.2, 0.25) is 0 Å². The lowest BCUT2D eigenvalue weighted by molar-refractivity contribution is 0.158. The molecule has 1 aromatic rings. The van der Waals surface area contributed by atoms with Crippen molar-refractivity contribution in [1.29, 1.82) is 0 Å². The first-order chi connectivity index (χ1) is 10.1. The highest BCUT2D eigenvalue weighted by atomic mass is 16.5. The van der Waals surface area contributed by atoms with Crippen LogP contribution in [0.4, 0.5) is 0 Å². The van der Waals surface area contributed by atoms with Gasteiger partial charge in [0.05, 0.1) is 20.3 Å². The first-order valence-electron chi connectivity index (χ1n) is 7.81. The van der Waals surface area contributed by atoms with Gasteiger partial charge in [0, 0.05) is 11.6 Å². The Hall–Kier alpha value is -1.26. The van der Waals surface area contributed by atoms with Crippen LogP contribution in [0.3, 0.4) is 0 Å². The van der Waals surface area contributed by atoms with Crippen LogP contribution < -0.4 is 14.8 Å². The minimum absolute atomic E-state index is 0.138. The number of hydrogen-bond donors (Lipinski definition) is 2. The Morgan fingerprint density at radius 3 is 2.43 bits per heavy atom. The normalized spacial score (nSPS) is 17.3. The molecule has 0 saturated heterocycles. The minimum Gasteiger partial charge on any atom is -0.497 e. The van der Waals surface area contributed by atoms with E-state index >= 15 is 0 Å². The fourth-order valence-corrected chi connectivity index (χ4v) is 2.40. The standard InChI is InChI=1S/C17H27NO3/c1-17(13-19,18-14-5-6-14)11-3-4-12-21-16-9-7-15(20-2)8-10-16/h7-10,14,18-19H,3-6,11-13H2,1-2H3. The molecule has 2 rings (SSSR count). The molecule has 0 spiro atoms. The van der Waals surface area contributed by atoms with E-state index in [1.165, 1.54) is 12.8 Å². The number of benzene rings is 1. The fraction of sp³-hybridized carbons (Fsp3) is 0.647. The van der Waals surface area contributed by atoms with Crippen molar-refractivity contribution in [2.75, 3.05) is 20.3 Å². The van der Waals surface area contributed by atoms with Crippen LogP contribution in [0.1, 0.15) is 39.0 Å². The lowest BCUT2D eigenvalue weighted by Crippen LogP contribution is -2.46. The average molecular weight is 293 g/mol. The number of ether oxygens (including phenoxy) is 2. The molecule has 1 atom stereocenters. The highest BCUT2D eigenvalue weighted by molar-refractivity contribution is 5.31. The third kappa shape index (κ3) is 5.56. The molecule has 1 fully saturated rings. The van der Waals surface area contributed by atoms with E-state index in [-0.39, 0.29) is 12.1 Å². The van der Waals surface area contributed by atoms with Crippen LogP contribution >= 0.6 is 0 Å². The van der Waals surface area contributed by atoms with Crippen molar-refractivity contribution in [1.82, 2.24) is 5.32 Å². The summed E-state index contributed by atoms with van der Waals surface area (Å²) in [7, 11) is 1.66. The average Bonchev–Trinajstić information content (AvgIpc) is 3.31. The van der Waals surface area contributed by atoms with Crippen molar-refractivity contribution in [3.05, 3.63) is 24.3 Å². The second-order valence-corrected chi connectivity index (χ2v) is 6.12. The summed E-state index contributed by atoms with van der Waals surface area (Å²) < 4.78 is 10.8. The second-order valence-electron chi connectivity index (χ2n) is 6.12. The van der Waals surface area contributed by atoms with E-state index in [4.69, 9.17) is 9.47 Å². The van der Waals surface area contributed by atoms with Gasteiger partial charge >= 0.3 is 0 Å².